The fraction of sp³-hybridized carbons (Fsp3) is 0.167. The van der Waals surface area contributed by atoms with E-state index in [2.05, 4.69) is 26.6 Å². The third-order valence-corrected chi connectivity index (χ3v) is 5.73. The van der Waals surface area contributed by atoms with Crippen molar-refractivity contribution in [2.45, 2.75) is 18.7 Å². The Bertz CT molecular complexity index is 1070. The molecule has 0 atom stereocenters. The lowest BCUT2D eigenvalue weighted by Crippen LogP contribution is -2.34. The van der Waals surface area contributed by atoms with E-state index in [0.29, 0.717) is 17.0 Å². The first-order valence-corrected chi connectivity index (χ1v) is 10.8. The summed E-state index contributed by atoms with van der Waals surface area (Å²) in [6.45, 7) is 2.92. The Labute approximate surface area is 182 Å². The Morgan fingerprint density at radius 3 is 2.31 bits per heavy atom. The SMILES string of the molecule is COc1c(C)cc(Br)cc1C(=O)NC(=S)Nc1ccc(S(=O)(=O)NC(C)=O)cc1. The Morgan fingerprint density at radius 2 is 1.76 bits per heavy atom. The highest BCUT2D eigenvalue weighted by molar-refractivity contribution is 9.10. The van der Waals surface area contributed by atoms with Crippen LogP contribution >= 0.6 is 28.1 Å². The van der Waals surface area contributed by atoms with E-state index in [-0.39, 0.29) is 10.0 Å². The zero-order valence-electron chi connectivity index (χ0n) is 15.7. The van der Waals surface area contributed by atoms with E-state index in [9.17, 15) is 18.0 Å². The van der Waals surface area contributed by atoms with Gasteiger partial charge in [0.1, 0.15) is 5.75 Å². The van der Waals surface area contributed by atoms with Gasteiger partial charge < -0.3 is 10.1 Å². The molecular weight excluding hydrogens is 482 g/mol. The van der Waals surface area contributed by atoms with Crippen LogP contribution < -0.4 is 20.1 Å². The zero-order chi connectivity index (χ0) is 21.8. The first-order chi connectivity index (χ1) is 13.5. The fourth-order valence-electron chi connectivity index (χ4n) is 2.47. The molecule has 0 aliphatic rings. The summed E-state index contributed by atoms with van der Waals surface area (Å²) >= 11 is 8.49. The van der Waals surface area contributed by atoms with Crippen molar-refractivity contribution in [3.63, 3.8) is 0 Å². The van der Waals surface area contributed by atoms with Crippen LogP contribution in [0.4, 0.5) is 5.69 Å². The lowest BCUT2D eigenvalue weighted by molar-refractivity contribution is -0.117. The molecule has 0 saturated heterocycles. The van der Waals surface area contributed by atoms with Crippen molar-refractivity contribution in [1.82, 2.24) is 10.0 Å². The summed E-state index contributed by atoms with van der Waals surface area (Å²) in [6, 6.07) is 8.96. The number of anilines is 1. The number of hydrogen-bond acceptors (Lipinski definition) is 6. The maximum absolute atomic E-state index is 12.6. The topological polar surface area (TPSA) is 114 Å². The van der Waals surface area contributed by atoms with Crippen molar-refractivity contribution in [3.8, 4) is 5.75 Å². The Kier molecular flexibility index (Phi) is 7.33. The van der Waals surface area contributed by atoms with Gasteiger partial charge in [0.05, 0.1) is 17.6 Å². The van der Waals surface area contributed by atoms with Crippen LogP contribution in [-0.4, -0.2) is 32.5 Å². The van der Waals surface area contributed by atoms with E-state index in [1.807, 2.05) is 17.7 Å². The molecule has 29 heavy (non-hydrogen) atoms. The summed E-state index contributed by atoms with van der Waals surface area (Å²) in [5.41, 5.74) is 1.54. The Balaban J connectivity index is 2.10. The first-order valence-electron chi connectivity index (χ1n) is 8.13. The Hall–Kier alpha value is -2.50. The third kappa shape index (κ3) is 5.99. The second kappa shape index (κ2) is 9.33. The number of rotatable bonds is 5. The van der Waals surface area contributed by atoms with E-state index in [1.54, 1.807) is 6.07 Å². The molecule has 0 bridgehead atoms. The van der Waals surface area contributed by atoms with Crippen LogP contribution in [0.15, 0.2) is 45.8 Å². The van der Waals surface area contributed by atoms with Crippen LogP contribution in [0.2, 0.25) is 0 Å². The average molecular weight is 500 g/mol. The molecule has 0 saturated carbocycles. The summed E-state index contributed by atoms with van der Waals surface area (Å²) in [6.07, 6.45) is 0. The van der Waals surface area contributed by atoms with Gasteiger partial charge in [-0.3, -0.25) is 14.9 Å². The fourth-order valence-corrected chi connectivity index (χ4v) is 4.24. The molecule has 11 heteroatoms. The van der Waals surface area contributed by atoms with Gasteiger partial charge in [0.2, 0.25) is 5.91 Å². The molecule has 154 valence electrons. The predicted molar refractivity (Wildman–Crippen MR) is 117 cm³/mol. The average Bonchev–Trinajstić information content (AvgIpc) is 2.60. The van der Waals surface area contributed by atoms with E-state index < -0.39 is 21.8 Å². The summed E-state index contributed by atoms with van der Waals surface area (Å²) in [7, 11) is -2.45. The number of hydrogen-bond donors (Lipinski definition) is 3. The molecule has 0 unspecified atom stereocenters. The molecule has 0 aliphatic heterocycles. The quantitative estimate of drug-likeness (QED) is 0.541. The van der Waals surface area contributed by atoms with Crippen LogP contribution in [0.5, 0.6) is 5.75 Å². The van der Waals surface area contributed by atoms with Crippen molar-refractivity contribution in [2.75, 3.05) is 12.4 Å². The monoisotopic (exact) mass is 499 g/mol. The van der Waals surface area contributed by atoms with Gasteiger partial charge in [0.25, 0.3) is 15.9 Å². The normalized spacial score (nSPS) is 10.8. The molecule has 2 rings (SSSR count). The van der Waals surface area contributed by atoms with Crippen LogP contribution in [0.1, 0.15) is 22.8 Å². The summed E-state index contributed by atoms with van der Waals surface area (Å²) in [5, 5.41) is 5.36. The zero-order valence-corrected chi connectivity index (χ0v) is 18.9. The highest BCUT2D eigenvalue weighted by Crippen LogP contribution is 2.27. The maximum Gasteiger partial charge on any atom is 0.264 e. The number of amides is 2. The molecular formula is C18H18BrN3O5S2. The predicted octanol–water partition coefficient (Wildman–Crippen LogP) is 2.72. The number of aryl methyl sites for hydroxylation is 1. The highest BCUT2D eigenvalue weighted by Gasteiger charge is 2.18. The van der Waals surface area contributed by atoms with Crippen molar-refractivity contribution in [2.24, 2.45) is 0 Å². The molecule has 0 aliphatic carbocycles. The number of carbonyl (C=O) groups is 2. The van der Waals surface area contributed by atoms with Crippen molar-refractivity contribution in [1.29, 1.82) is 0 Å². The summed E-state index contributed by atoms with van der Waals surface area (Å²) in [4.78, 5) is 23.5. The largest absolute Gasteiger partial charge is 0.496 e. The van der Waals surface area contributed by atoms with E-state index in [1.165, 1.54) is 31.4 Å². The number of thiocarbonyl (C=S) groups is 1. The van der Waals surface area contributed by atoms with Crippen LogP contribution in [0.25, 0.3) is 0 Å². The van der Waals surface area contributed by atoms with Gasteiger partial charge in [0.15, 0.2) is 5.11 Å². The van der Waals surface area contributed by atoms with Crippen molar-refractivity contribution in [3.05, 3.63) is 52.0 Å². The van der Waals surface area contributed by atoms with Crippen LogP contribution in [0, 0.1) is 6.92 Å². The molecule has 0 fully saturated rings. The molecule has 2 aromatic carbocycles. The molecule has 2 amide bonds. The number of nitrogens with one attached hydrogen (secondary N) is 3. The van der Waals surface area contributed by atoms with E-state index >= 15 is 0 Å². The first kappa shape index (κ1) is 22.8. The van der Waals surface area contributed by atoms with Crippen molar-refractivity contribution >= 4 is 60.8 Å². The highest BCUT2D eigenvalue weighted by atomic mass is 79.9. The molecule has 0 spiro atoms. The van der Waals surface area contributed by atoms with Crippen molar-refractivity contribution < 1.29 is 22.7 Å². The van der Waals surface area contributed by atoms with Crippen LogP contribution in [-0.2, 0) is 14.8 Å². The number of methoxy groups -OCH3 is 1. The molecule has 2 aromatic rings. The number of ether oxygens (including phenoxy) is 1. The lowest BCUT2D eigenvalue weighted by Gasteiger charge is -2.14. The second-order valence-electron chi connectivity index (χ2n) is 5.90. The lowest BCUT2D eigenvalue weighted by atomic mass is 10.1. The Morgan fingerprint density at radius 1 is 1.14 bits per heavy atom. The number of halogens is 1. The molecule has 0 radical (unpaired) electrons. The molecule has 3 N–H and O–H groups in total. The minimum Gasteiger partial charge on any atom is -0.496 e. The standard InChI is InChI=1S/C18H18BrN3O5S2/c1-10-8-12(19)9-15(16(10)27-3)17(24)21-18(28)20-13-4-6-14(7-5-13)29(25,26)22-11(2)23/h4-9H,1-3H3,(H,22,23)(H2,20,21,24,28). The van der Waals surface area contributed by atoms with Gasteiger partial charge in [-0.25, -0.2) is 13.1 Å². The summed E-state index contributed by atoms with van der Waals surface area (Å²) < 4.78 is 31.8. The van der Waals surface area contributed by atoms with Gasteiger partial charge in [-0.05, 0) is 61.1 Å². The van der Waals surface area contributed by atoms with E-state index in [0.717, 1.165) is 17.0 Å². The number of sulfonamides is 1. The molecule has 0 heterocycles. The van der Waals surface area contributed by atoms with Gasteiger partial charge >= 0.3 is 0 Å². The van der Waals surface area contributed by atoms with Gasteiger partial charge in [-0.2, -0.15) is 0 Å². The molecule has 8 nitrogen and oxygen atoms in total. The minimum atomic E-state index is -3.92. The van der Waals surface area contributed by atoms with Crippen LogP contribution in [0.3, 0.4) is 0 Å². The third-order valence-electron chi connectivity index (χ3n) is 3.62. The van der Waals surface area contributed by atoms with Gasteiger partial charge in [-0.1, -0.05) is 15.9 Å². The number of benzene rings is 2. The smallest absolute Gasteiger partial charge is 0.264 e. The van der Waals surface area contributed by atoms with Gasteiger partial charge in [-0.15, -0.1) is 0 Å². The summed E-state index contributed by atoms with van der Waals surface area (Å²) in [5.74, 6) is -0.719. The maximum atomic E-state index is 12.6. The molecule has 0 aromatic heterocycles. The second-order valence-corrected chi connectivity index (χ2v) is 8.90. The van der Waals surface area contributed by atoms with E-state index in [4.69, 9.17) is 17.0 Å². The minimum absolute atomic E-state index is 0.0205. The number of carbonyl (C=O) groups excluding carboxylic acids is 2. The van der Waals surface area contributed by atoms with Gasteiger partial charge in [0, 0.05) is 17.1 Å².